The van der Waals surface area contributed by atoms with Crippen LogP contribution >= 0.6 is 12.2 Å². The Balaban J connectivity index is 2.02. The number of aromatic nitrogens is 3. The Hall–Kier alpha value is -3.73. The number of nitro benzene ring substituents is 1. The van der Waals surface area contributed by atoms with E-state index in [2.05, 4.69) is 15.3 Å². The van der Waals surface area contributed by atoms with Crippen molar-refractivity contribution in [3.05, 3.63) is 56.8 Å². The molecule has 2 aromatic carbocycles. The lowest BCUT2D eigenvalue weighted by molar-refractivity contribution is -0.384. The van der Waals surface area contributed by atoms with E-state index in [1.165, 1.54) is 44.4 Å². The molecule has 0 spiro atoms. The minimum Gasteiger partial charge on any atom is -0.493 e. The van der Waals surface area contributed by atoms with Gasteiger partial charge in [-0.3, -0.25) is 10.1 Å². The number of benzene rings is 2. The van der Waals surface area contributed by atoms with Crippen LogP contribution < -0.4 is 14.2 Å². The number of aromatic amines is 1. The summed E-state index contributed by atoms with van der Waals surface area (Å²) >= 11 is 5.27. The number of hydrogen-bond acceptors (Lipinski definition) is 8. The van der Waals surface area contributed by atoms with E-state index in [1.54, 1.807) is 24.3 Å². The van der Waals surface area contributed by atoms with E-state index in [1.807, 2.05) is 0 Å². The van der Waals surface area contributed by atoms with Crippen LogP contribution in [-0.2, 0) is 0 Å². The van der Waals surface area contributed by atoms with Gasteiger partial charge in [0.05, 0.1) is 32.5 Å². The topological polar surface area (TPSA) is 117 Å². The van der Waals surface area contributed by atoms with Crippen molar-refractivity contribution in [2.75, 3.05) is 21.3 Å². The molecule has 0 saturated carbocycles. The fourth-order valence-electron chi connectivity index (χ4n) is 2.60. The molecule has 0 bridgehead atoms. The second-order valence-electron chi connectivity index (χ2n) is 5.67. The fourth-order valence-corrected chi connectivity index (χ4v) is 2.78. The summed E-state index contributed by atoms with van der Waals surface area (Å²) in [6.07, 6.45) is 1.52. The summed E-state index contributed by atoms with van der Waals surface area (Å²) in [5.41, 5.74) is 1.29. The Labute approximate surface area is 170 Å². The van der Waals surface area contributed by atoms with Crippen LogP contribution in [-0.4, -0.2) is 47.3 Å². The van der Waals surface area contributed by atoms with Crippen LogP contribution in [0, 0.1) is 14.9 Å². The average Bonchev–Trinajstić information content (AvgIpc) is 3.11. The largest absolute Gasteiger partial charge is 0.493 e. The van der Waals surface area contributed by atoms with Gasteiger partial charge in [0.25, 0.3) is 5.69 Å². The SMILES string of the molecule is COc1cc(-c2n[nH]c(=S)n2/N=C\c2ccc([N+](=O)[O-])cc2)cc(OC)c1OC. The molecule has 29 heavy (non-hydrogen) atoms. The lowest BCUT2D eigenvalue weighted by atomic mass is 10.1. The summed E-state index contributed by atoms with van der Waals surface area (Å²) in [4.78, 5) is 10.3. The first kappa shape index (κ1) is 20.0. The second kappa shape index (κ2) is 8.52. The molecule has 1 aromatic heterocycles. The Kier molecular flexibility index (Phi) is 5.88. The van der Waals surface area contributed by atoms with Crippen LogP contribution in [0.4, 0.5) is 5.69 Å². The minimum atomic E-state index is -0.463. The van der Waals surface area contributed by atoms with Gasteiger partial charge in [0.2, 0.25) is 10.5 Å². The first-order valence-corrected chi connectivity index (χ1v) is 8.66. The smallest absolute Gasteiger partial charge is 0.269 e. The van der Waals surface area contributed by atoms with E-state index in [4.69, 9.17) is 26.4 Å². The molecule has 0 aliphatic heterocycles. The van der Waals surface area contributed by atoms with Gasteiger partial charge in [-0.15, -0.1) is 0 Å². The first-order chi connectivity index (χ1) is 14.0. The fraction of sp³-hybridized carbons (Fsp3) is 0.167. The maximum atomic E-state index is 10.8. The highest BCUT2D eigenvalue weighted by Gasteiger charge is 2.17. The Morgan fingerprint density at radius 3 is 2.28 bits per heavy atom. The predicted octanol–water partition coefficient (Wildman–Crippen LogP) is 3.42. The Morgan fingerprint density at radius 1 is 1.14 bits per heavy atom. The van der Waals surface area contributed by atoms with Gasteiger partial charge in [-0.25, -0.2) is 5.10 Å². The third kappa shape index (κ3) is 4.09. The standard InChI is InChI=1S/C18H17N5O5S/c1-26-14-8-12(9-15(27-2)16(14)28-3)17-20-21-18(29)22(17)19-10-11-4-6-13(7-5-11)23(24)25/h4-10H,1-3H3,(H,21,29)/b19-10-. The molecule has 1 N–H and O–H groups in total. The third-order valence-corrected chi connectivity index (χ3v) is 4.26. The molecule has 0 aliphatic carbocycles. The number of hydrogen-bond donors (Lipinski definition) is 1. The molecule has 0 saturated heterocycles. The molecule has 0 radical (unpaired) electrons. The first-order valence-electron chi connectivity index (χ1n) is 8.25. The van der Waals surface area contributed by atoms with Crippen LogP contribution in [0.1, 0.15) is 5.56 Å². The normalized spacial score (nSPS) is 10.9. The van der Waals surface area contributed by atoms with E-state index in [9.17, 15) is 10.1 Å². The predicted molar refractivity (Wildman–Crippen MR) is 109 cm³/mol. The number of nitrogens with zero attached hydrogens (tertiary/aromatic N) is 4. The molecule has 0 fully saturated rings. The zero-order valence-electron chi connectivity index (χ0n) is 15.8. The lowest BCUT2D eigenvalue weighted by Crippen LogP contribution is -1.99. The average molecular weight is 415 g/mol. The van der Waals surface area contributed by atoms with Gasteiger partial charge < -0.3 is 14.2 Å². The highest BCUT2D eigenvalue weighted by Crippen LogP contribution is 2.40. The number of nitro groups is 1. The lowest BCUT2D eigenvalue weighted by Gasteiger charge is -2.13. The van der Waals surface area contributed by atoms with Crippen LogP contribution in [0.15, 0.2) is 41.5 Å². The van der Waals surface area contributed by atoms with Crippen molar-refractivity contribution in [1.29, 1.82) is 0 Å². The molecule has 150 valence electrons. The van der Waals surface area contributed by atoms with Crippen molar-refractivity contribution >= 4 is 24.1 Å². The summed E-state index contributed by atoms with van der Waals surface area (Å²) < 4.78 is 17.8. The van der Waals surface area contributed by atoms with Gasteiger partial charge in [0, 0.05) is 17.7 Å². The molecule has 0 atom stereocenters. The van der Waals surface area contributed by atoms with Crippen LogP contribution in [0.25, 0.3) is 11.4 Å². The van der Waals surface area contributed by atoms with Gasteiger partial charge in [-0.05, 0) is 42.0 Å². The van der Waals surface area contributed by atoms with E-state index >= 15 is 0 Å². The summed E-state index contributed by atoms with van der Waals surface area (Å²) in [6, 6.07) is 9.43. The zero-order chi connectivity index (χ0) is 21.0. The molecule has 0 unspecified atom stereocenters. The number of non-ortho nitro benzene ring substituents is 1. The quantitative estimate of drug-likeness (QED) is 0.272. The van der Waals surface area contributed by atoms with Gasteiger partial charge in [-0.2, -0.15) is 14.9 Å². The maximum Gasteiger partial charge on any atom is 0.269 e. The summed E-state index contributed by atoms with van der Waals surface area (Å²) in [5, 5.41) is 22.0. The molecular weight excluding hydrogens is 398 g/mol. The van der Waals surface area contributed by atoms with Crippen molar-refractivity contribution in [3.63, 3.8) is 0 Å². The van der Waals surface area contributed by atoms with Crippen molar-refractivity contribution < 1.29 is 19.1 Å². The van der Waals surface area contributed by atoms with Crippen LogP contribution in [0.2, 0.25) is 0 Å². The summed E-state index contributed by atoms with van der Waals surface area (Å²) in [5.74, 6) is 1.80. The number of methoxy groups -OCH3 is 3. The van der Waals surface area contributed by atoms with Gasteiger partial charge in [0.15, 0.2) is 17.3 Å². The molecule has 0 amide bonds. The number of nitrogens with one attached hydrogen (secondary N) is 1. The molecule has 3 aromatic rings. The van der Waals surface area contributed by atoms with E-state index < -0.39 is 4.92 Å². The Bertz CT molecular complexity index is 1100. The van der Waals surface area contributed by atoms with Crippen LogP contribution in [0.3, 0.4) is 0 Å². The third-order valence-electron chi connectivity index (χ3n) is 4.00. The highest BCUT2D eigenvalue weighted by molar-refractivity contribution is 7.71. The second-order valence-corrected chi connectivity index (χ2v) is 6.06. The number of ether oxygens (including phenoxy) is 3. The minimum absolute atomic E-state index is 0.000171. The van der Waals surface area contributed by atoms with Crippen LogP contribution in [0.5, 0.6) is 17.2 Å². The molecule has 10 nitrogen and oxygen atoms in total. The molecular formula is C18H17N5O5S. The molecule has 0 aliphatic rings. The molecule has 11 heteroatoms. The summed E-state index contributed by atoms with van der Waals surface area (Å²) in [6.45, 7) is 0. The van der Waals surface area contributed by atoms with E-state index in [0.717, 1.165) is 0 Å². The molecule has 1 heterocycles. The Morgan fingerprint density at radius 2 is 1.76 bits per heavy atom. The van der Waals surface area contributed by atoms with Crippen molar-refractivity contribution in [1.82, 2.24) is 14.9 Å². The zero-order valence-corrected chi connectivity index (χ0v) is 16.6. The maximum absolute atomic E-state index is 10.8. The monoisotopic (exact) mass is 415 g/mol. The van der Waals surface area contributed by atoms with Gasteiger partial charge in [-0.1, -0.05) is 0 Å². The number of rotatable bonds is 7. The molecule has 3 rings (SSSR count). The van der Waals surface area contributed by atoms with Crippen molar-refractivity contribution in [3.8, 4) is 28.6 Å². The van der Waals surface area contributed by atoms with E-state index in [-0.39, 0.29) is 10.5 Å². The van der Waals surface area contributed by atoms with Gasteiger partial charge >= 0.3 is 0 Å². The van der Waals surface area contributed by atoms with E-state index in [0.29, 0.717) is 34.2 Å². The number of H-pyrrole nitrogens is 1. The van der Waals surface area contributed by atoms with Crippen molar-refractivity contribution in [2.45, 2.75) is 0 Å². The summed E-state index contributed by atoms with van der Waals surface area (Å²) in [7, 11) is 4.56. The highest BCUT2D eigenvalue weighted by atomic mass is 32.1. The van der Waals surface area contributed by atoms with Crippen molar-refractivity contribution in [2.24, 2.45) is 5.10 Å². The van der Waals surface area contributed by atoms with Gasteiger partial charge in [0.1, 0.15) is 0 Å².